The molecule has 174 valence electrons. The number of aliphatic hydroxyl groups is 1. The van der Waals surface area contributed by atoms with Gasteiger partial charge in [-0.2, -0.15) is 4.98 Å². The first-order valence-corrected chi connectivity index (χ1v) is 12.1. The number of nitrogens with zero attached hydrogens (tertiary/aromatic N) is 5. The molecule has 2 aromatic heterocycles. The van der Waals surface area contributed by atoms with Crippen LogP contribution in [0.5, 0.6) is 0 Å². The molecule has 0 spiro atoms. The SMILES string of the molecule is O=Nc1ccc2nc(Nc3cc(CN4CCOCC4)nc(NC4CCC(O)CC4)n3)sc2c1. The first-order chi connectivity index (χ1) is 16.1. The molecule has 0 bridgehead atoms. The lowest BCUT2D eigenvalue weighted by molar-refractivity contribution is 0.0336. The smallest absolute Gasteiger partial charge is 0.225 e. The van der Waals surface area contributed by atoms with Crippen molar-refractivity contribution in [3.8, 4) is 0 Å². The van der Waals surface area contributed by atoms with Crippen LogP contribution in [0.15, 0.2) is 29.4 Å². The second kappa shape index (κ2) is 10.0. The van der Waals surface area contributed by atoms with Crippen molar-refractivity contribution >= 4 is 44.1 Å². The number of hydrogen-bond acceptors (Lipinski definition) is 11. The van der Waals surface area contributed by atoms with Crippen LogP contribution < -0.4 is 10.6 Å². The van der Waals surface area contributed by atoms with Crippen molar-refractivity contribution in [2.75, 3.05) is 36.9 Å². The molecule has 10 nitrogen and oxygen atoms in total. The lowest BCUT2D eigenvalue weighted by Gasteiger charge is -2.27. The summed E-state index contributed by atoms with van der Waals surface area (Å²) in [4.78, 5) is 27.2. The van der Waals surface area contributed by atoms with E-state index in [0.29, 0.717) is 29.1 Å². The van der Waals surface area contributed by atoms with Gasteiger partial charge in [0.2, 0.25) is 5.95 Å². The summed E-state index contributed by atoms with van der Waals surface area (Å²) in [5, 5.41) is 20.3. The molecular formula is C22H27N7O3S. The lowest BCUT2D eigenvalue weighted by Crippen LogP contribution is -2.36. The highest BCUT2D eigenvalue weighted by Crippen LogP contribution is 2.31. The molecule has 0 atom stereocenters. The Morgan fingerprint density at radius 3 is 2.73 bits per heavy atom. The Hall–Kier alpha value is -2.73. The van der Waals surface area contributed by atoms with Gasteiger partial charge in [-0.3, -0.25) is 4.90 Å². The fourth-order valence-corrected chi connectivity index (χ4v) is 5.14. The molecule has 2 fully saturated rings. The van der Waals surface area contributed by atoms with E-state index < -0.39 is 0 Å². The van der Waals surface area contributed by atoms with Gasteiger partial charge in [0.1, 0.15) is 11.5 Å². The number of benzene rings is 1. The van der Waals surface area contributed by atoms with Crippen molar-refractivity contribution in [3.05, 3.63) is 34.9 Å². The Bertz CT molecular complexity index is 1110. The summed E-state index contributed by atoms with van der Waals surface area (Å²) in [7, 11) is 0. The van der Waals surface area contributed by atoms with Gasteiger partial charge in [-0.15, -0.1) is 4.91 Å². The van der Waals surface area contributed by atoms with Gasteiger partial charge in [0.05, 0.1) is 35.2 Å². The average molecular weight is 470 g/mol. The molecule has 3 N–H and O–H groups in total. The van der Waals surface area contributed by atoms with E-state index in [1.54, 1.807) is 18.2 Å². The minimum absolute atomic E-state index is 0.206. The average Bonchev–Trinajstić information content (AvgIpc) is 3.22. The zero-order valence-electron chi connectivity index (χ0n) is 18.2. The molecule has 1 aromatic carbocycles. The van der Waals surface area contributed by atoms with Crippen LogP contribution in [0.2, 0.25) is 0 Å². The Morgan fingerprint density at radius 1 is 1.12 bits per heavy atom. The Balaban J connectivity index is 1.38. The zero-order valence-corrected chi connectivity index (χ0v) is 19.1. The summed E-state index contributed by atoms with van der Waals surface area (Å²) in [6, 6.07) is 7.39. The third-order valence-electron chi connectivity index (χ3n) is 6.01. The number of anilines is 3. The molecule has 0 unspecified atom stereocenters. The van der Waals surface area contributed by atoms with Gasteiger partial charge in [-0.25, -0.2) is 9.97 Å². The number of aromatic nitrogens is 3. The van der Waals surface area contributed by atoms with E-state index in [4.69, 9.17) is 14.7 Å². The number of hydrogen-bond donors (Lipinski definition) is 3. The Morgan fingerprint density at radius 2 is 1.94 bits per heavy atom. The summed E-state index contributed by atoms with van der Waals surface area (Å²) in [5.74, 6) is 1.25. The van der Waals surface area contributed by atoms with E-state index in [2.05, 4.69) is 25.7 Å². The molecule has 0 radical (unpaired) electrons. The zero-order chi connectivity index (χ0) is 22.6. The van der Waals surface area contributed by atoms with Gasteiger partial charge in [0, 0.05) is 31.7 Å². The van der Waals surface area contributed by atoms with Crippen molar-refractivity contribution in [2.45, 2.75) is 44.4 Å². The molecule has 5 rings (SSSR count). The van der Waals surface area contributed by atoms with Crippen molar-refractivity contribution in [3.63, 3.8) is 0 Å². The number of morpholine rings is 1. The first kappa shape index (κ1) is 22.1. The summed E-state index contributed by atoms with van der Waals surface area (Å²) >= 11 is 1.45. The monoisotopic (exact) mass is 469 g/mol. The standard InChI is InChI=1S/C22H27N7O3S/c30-17-4-1-14(2-5-17)23-21-24-16(13-29-7-9-32-10-8-29)12-20(26-21)27-22-25-18-6-3-15(28-31)11-19(18)33-22/h3,6,11-12,14,17,30H,1-2,4-5,7-10,13H2,(H2,23,24,25,26,27). The second-order valence-corrected chi connectivity index (χ2v) is 9.52. The third-order valence-corrected chi connectivity index (χ3v) is 6.94. The van der Waals surface area contributed by atoms with Crippen molar-refractivity contribution < 1.29 is 9.84 Å². The highest BCUT2D eigenvalue weighted by Gasteiger charge is 2.21. The number of fused-ring (bicyclic) bond motifs is 1. The number of rotatable bonds is 7. The van der Waals surface area contributed by atoms with Crippen molar-refractivity contribution in [1.82, 2.24) is 19.9 Å². The van der Waals surface area contributed by atoms with E-state index in [1.165, 1.54) is 11.3 Å². The van der Waals surface area contributed by atoms with Crippen LogP contribution in [0.3, 0.4) is 0 Å². The molecule has 1 saturated carbocycles. The van der Waals surface area contributed by atoms with Crippen LogP contribution in [-0.4, -0.2) is 63.4 Å². The normalized spacial score (nSPS) is 21.7. The molecule has 2 aliphatic rings. The molecule has 0 amide bonds. The maximum absolute atomic E-state index is 10.8. The summed E-state index contributed by atoms with van der Waals surface area (Å²) < 4.78 is 6.35. The highest BCUT2D eigenvalue weighted by molar-refractivity contribution is 7.22. The first-order valence-electron chi connectivity index (χ1n) is 11.3. The molecule has 1 aliphatic heterocycles. The van der Waals surface area contributed by atoms with E-state index >= 15 is 0 Å². The summed E-state index contributed by atoms with van der Waals surface area (Å²) in [5.41, 5.74) is 2.11. The van der Waals surface area contributed by atoms with Gasteiger partial charge in [-0.1, -0.05) is 11.3 Å². The molecule has 1 saturated heterocycles. The van der Waals surface area contributed by atoms with Crippen LogP contribution in [0.1, 0.15) is 31.4 Å². The number of nitroso groups, excluding NO2 is 1. The fourth-order valence-electron chi connectivity index (χ4n) is 4.23. The molecule has 3 heterocycles. The van der Waals surface area contributed by atoms with Crippen LogP contribution in [0.25, 0.3) is 10.2 Å². The van der Waals surface area contributed by atoms with E-state index in [0.717, 1.165) is 67.9 Å². The van der Waals surface area contributed by atoms with Crippen LogP contribution in [-0.2, 0) is 11.3 Å². The molecule has 1 aliphatic carbocycles. The summed E-state index contributed by atoms with van der Waals surface area (Å²) in [6.45, 7) is 3.93. The van der Waals surface area contributed by atoms with Crippen LogP contribution in [0.4, 0.5) is 22.6 Å². The van der Waals surface area contributed by atoms with Gasteiger partial charge >= 0.3 is 0 Å². The molecule has 11 heteroatoms. The lowest BCUT2D eigenvalue weighted by atomic mass is 9.93. The molecule has 33 heavy (non-hydrogen) atoms. The number of ether oxygens (including phenoxy) is 1. The van der Waals surface area contributed by atoms with Crippen molar-refractivity contribution in [2.24, 2.45) is 5.18 Å². The Kier molecular flexibility index (Phi) is 6.72. The molecular weight excluding hydrogens is 442 g/mol. The maximum Gasteiger partial charge on any atom is 0.225 e. The molecule has 3 aromatic rings. The largest absolute Gasteiger partial charge is 0.393 e. The summed E-state index contributed by atoms with van der Waals surface area (Å²) in [6.07, 6.45) is 3.17. The van der Waals surface area contributed by atoms with Gasteiger partial charge in [0.15, 0.2) is 5.13 Å². The van der Waals surface area contributed by atoms with Crippen LogP contribution in [0, 0.1) is 4.91 Å². The quantitative estimate of drug-likeness (QED) is 0.443. The van der Waals surface area contributed by atoms with E-state index in [-0.39, 0.29) is 12.1 Å². The number of aliphatic hydroxyl groups excluding tert-OH is 1. The fraction of sp³-hybridized carbons (Fsp3) is 0.500. The third kappa shape index (κ3) is 5.61. The predicted molar refractivity (Wildman–Crippen MR) is 128 cm³/mol. The van der Waals surface area contributed by atoms with E-state index in [9.17, 15) is 10.0 Å². The Labute approximate surface area is 195 Å². The number of thiazole rings is 1. The number of nitrogens with one attached hydrogen (secondary N) is 2. The second-order valence-electron chi connectivity index (χ2n) is 8.49. The predicted octanol–water partition coefficient (Wildman–Crippen LogP) is 3.78. The van der Waals surface area contributed by atoms with Gasteiger partial charge in [0.25, 0.3) is 0 Å². The topological polar surface area (TPSA) is 125 Å². The highest BCUT2D eigenvalue weighted by atomic mass is 32.1. The van der Waals surface area contributed by atoms with Gasteiger partial charge in [-0.05, 0) is 49.1 Å². The van der Waals surface area contributed by atoms with E-state index in [1.807, 2.05) is 6.07 Å². The van der Waals surface area contributed by atoms with Gasteiger partial charge < -0.3 is 20.5 Å². The minimum Gasteiger partial charge on any atom is -0.393 e. The van der Waals surface area contributed by atoms with Crippen molar-refractivity contribution in [1.29, 1.82) is 0 Å². The minimum atomic E-state index is -0.206. The van der Waals surface area contributed by atoms with Crippen LogP contribution >= 0.6 is 11.3 Å². The maximum atomic E-state index is 10.8.